The van der Waals surface area contributed by atoms with Crippen molar-refractivity contribution >= 4 is 23.2 Å². The highest BCUT2D eigenvalue weighted by Gasteiger charge is 2.31. The van der Waals surface area contributed by atoms with Crippen molar-refractivity contribution in [2.24, 2.45) is 0 Å². The minimum Gasteiger partial charge on any atom is -0.332 e. The molecule has 0 aromatic heterocycles. The van der Waals surface area contributed by atoms with Crippen LogP contribution < -0.4 is 10.2 Å². The Kier molecular flexibility index (Phi) is 4.69. The molecule has 0 radical (unpaired) electrons. The summed E-state index contributed by atoms with van der Waals surface area (Å²) in [6.45, 7) is 4.61. The molecule has 0 saturated heterocycles. The molecule has 0 spiro atoms. The fraction of sp³-hybridized carbons (Fsp3) is 0.316. The van der Waals surface area contributed by atoms with Gasteiger partial charge in [-0.2, -0.15) is 0 Å². The van der Waals surface area contributed by atoms with Crippen LogP contribution in [0.5, 0.6) is 0 Å². The van der Waals surface area contributed by atoms with Crippen molar-refractivity contribution in [3.63, 3.8) is 0 Å². The molecular weight excluding hydrogens is 308 g/mol. The van der Waals surface area contributed by atoms with E-state index in [0.717, 1.165) is 22.7 Å². The maximum absolute atomic E-state index is 12.7. The molecule has 23 heavy (non-hydrogen) atoms. The van der Waals surface area contributed by atoms with Gasteiger partial charge in [0.1, 0.15) is 6.04 Å². The molecule has 1 heterocycles. The van der Waals surface area contributed by atoms with Crippen molar-refractivity contribution in [2.45, 2.75) is 32.4 Å². The summed E-state index contributed by atoms with van der Waals surface area (Å²) in [4.78, 5) is 14.6. The molecule has 1 amide bonds. The zero-order valence-corrected chi connectivity index (χ0v) is 14.3. The van der Waals surface area contributed by atoms with Crippen molar-refractivity contribution in [1.82, 2.24) is 0 Å². The first-order chi connectivity index (χ1) is 11.1. The van der Waals surface area contributed by atoms with Crippen LogP contribution in [0.2, 0.25) is 5.02 Å². The van der Waals surface area contributed by atoms with Gasteiger partial charge in [0.15, 0.2) is 6.54 Å². The SMILES string of the molecule is C[C@H]([NH2+]CC(=O)N1c2ccccc2C[C@@H]1C)c1ccccc1Cl. The first-order valence-electron chi connectivity index (χ1n) is 8.05. The van der Waals surface area contributed by atoms with Crippen LogP contribution in [-0.4, -0.2) is 18.5 Å². The second kappa shape index (κ2) is 6.73. The second-order valence-electron chi connectivity index (χ2n) is 6.20. The van der Waals surface area contributed by atoms with E-state index in [1.165, 1.54) is 5.56 Å². The minimum atomic E-state index is 0.154. The average Bonchev–Trinajstić information content (AvgIpc) is 2.88. The van der Waals surface area contributed by atoms with Crippen LogP contribution in [-0.2, 0) is 11.2 Å². The highest BCUT2D eigenvalue weighted by atomic mass is 35.5. The predicted octanol–water partition coefficient (Wildman–Crippen LogP) is 2.94. The number of carbonyl (C=O) groups excluding carboxylic acids is 1. The van der Waals surface area contributed by atoms with Crippen LogP contribution in [0, 0.1) is 0 Å². The third-order valence-corrected chi connectivity index (χ3v) is 4.86. The predicted molar refractivity (Wildman–Crippen MR) is 93.8 cm³/mol. The van der Waals surface area contributed by atoms with E-state index in [1.807, 2.05) is 47.4 Å². The smallest absolute Gasteiger partial charge is 0.282 e. The Morgan fingerprint density at radius 3 is 2.74 bits per heavy atom. The van der Waals surface area contributed by atoms with Crippen molar-refractivity contribution in [3.8, 4) is 0 Å². The van der Waals surface area contributed by atoms with Crippen LogP contribution in [0.1, 0.15) is 31.0 Å². The third-order valence-electron chi connectivity index (χ3n) is 4.52. The Morgan fingerprint density at radius 2 is 1.96 bits per heavy atom. The van der Waals surface area contributed by atoms with E-state index >= 15 is 0 Å². The van der Waals surface area contributed by atoms with Gasteiger partial charge in [0.05, 0.1) is 0 Å². The van der Waals surface area contributed by atoms with Gasteiger partial charge in [0, 0.05) is 22.3 Å². The molecule has 2 aromatic rings. The van der Waals surface area contributed by atoms with Crippen LogP contribution in [0.3, 0.4) is 0 Å². The van der Waals surface area contributed by atoms with Crippen molar-refractivity contribution in [2.75, 3.05) is 11.4 Å². The lowest BCUT2D eigenvalue weighted by atomic mass is 10.1. The largest absolute Gasteiger partial charge is 0.332 e. The number of para-hydroxylation sites is 1. The molecule has 0 unspecified atom stereocenters. The summed E-state index contributed by atoms with van der Waals surface area (Å²) in [6.07, 6.45) is 0.933. The summed E-state index contributed by atoms with van der Waals surface area (Å²) in [5.74, 6) is 0.154. The van der Waals surface area contributed by atoms with Crippen LogP contribution >= 0.6 is 11.6 Å². The molecule has 0 fully saturated rings. The molecule has 3 nitrogen and oxygen atoms in total. The fourth-order valence-electron chi connectivity index (χ4n) is 3.29. The maximum Gasteiger partial charge on any atom is 0.282 e. The highest BCUT2D eigenvalue weighted by molar-refractivity contribution is 6.31. The monoisotopic (exact) mass is 329 g/mol. The van der Waals surface area contributed by atoms with E-state index in [-0.39, 0.29) is 18.0 Å². The van der Waals surface area contributed by atoms with Crippen molar-refractivity contribution in [3.05, 3.63) is 64.7 Å². The van der Waals surface area contributed by atoms with Gasteiger partial charge >= 0.3 is 0 Å². The first-order valence-corrected chi connectivity index (χ1v) is 8.43. The lowest BCUT2D eigenvalue weighted by molar-refractivity contribution is -0.682. The standard InChI is InChI=1S/C19H21ClN2O/c1-13-11-15-7-3-6-10-18(15)22(13)19(23)12-21-14(2)16-8-4-5-9-17(16)20/h3-10,13-14,21H,11-12H2,1-2H3/p+1/t13-,14-/m0/s1. The summed E-state index contributed by atoms with van der Waals surface area (Å²) in [7, 11) is 0. The molecule has 4 heteroatoms. The zero-order valence-electron chi connectivity index (χ0n) is 13.5. The van der Waals surface area contributed by atoms with Gasteiger partial charge in [-0.3, -0.25) is 4.79 Å². The number of nitrogens with zero attached hydrogens (tertiary/aromatic N) is 1. The van der Waals surface area contributed by atoms with Crippen molar-refractivity contribution in [1.29, 1.82) is 0 Å². The summed E-state index contributed by atoms with van der Waals surface area (Å²) in [5, 5.41) is 2.81. The molecule has 120 valence electrons. The van der Waals surface area contributed by atoms with Crippen LogP contribution in [0.25, 0.3) is 0 Å². The van der Waals surface area contributed by atoms with E-state index in [0.29, 0.717) is 6.54 Å². The molecule has 0 saturated carbocycles. The Hall–Kier alpha value is -1.84. The summed E-state index contributed by atoms with van der Waals surface area (Å²) < 4.78 is 0. The normalized spacial score (nSPS) is 17.9. The molecule has 2 aromatic carbocycles. The minimum absolute atomic E-state index is 0.154. The molecule has 3 rings (SSSR count). The van der Waals surface area contributed by atoms with E-state index < -0.39 is 0 Å². The number of fused-ring (bicyclic) bond motifs is 1. The molecule has 1 aliphatic rings. The van der Waals surface area contributed by atoms with Gasteiger partial charge < -0.3 is 10.2 Å². The van der Waals surface area contributed by atoms with E-state index in [9.17, 15) is 4.79 Å². The number of carbonyl (C=O) groups is 1. The Balaban J connectivity index is 1.67. The van der Waals surface area contributed by atoms with Gasteiger partial charge in [0.25, 0.3) is 5.91 Å². The van der Waals surface area contributed by atoms with Gasteiger partial charge in [-0.15, -0.1) is 0 Å². The fourth-order valence-corrected chi connectivity index (χ4v) is 3.60. The maximum atomic E-state index is 12.7. The number of benzene rings is 2. The summed E-state index contributed by atoms with van der Waals surface area (Å²) in [6, 6.07) is 16.4. The topological polar surface area (TPSA) is 36.9 Å². The van der Waals surface area contributed by atoms with Gasteiger partial charge in [-0.25, -0.2) is 0 Å². The van der Waals surface area contributed by atoms with Gasteiger partial charge in [-0.05, 0) is 38.0 Å². The molecular formula is C19H22ClN2O+. The molecule has 1 aliphatic heterocycles. The number of quaternary nitrogens is 1. The molecule has 2 atom stereocenters. The number of anilines is 1. The number of amides is 1. The van der Waals surface area contributed by atoms with E-state index in [1.54, 1.807) is 0 Å². The number of rotatable bonds is 4. The quantitative estimate of drug-likeness (QED) is 0.920. The van der Waals surface area contributed by atoms with E-state index in [4.69, 9.17) is 11.6 Å². The molecule has 2 N–H and O–H groups in total. The van der Waals surface area contributed by atoms with Gasteiger partial charge in [0.2, 0.25) is 0 Å². The lowest BCUT2D eigenvalue weighted by Gasteiger charge is -2.22. The van der Waals surface area contributed by atoms with Crippen LogP contribution in [0.15, 0.2) is 48.5 Å². The Labute approximate surface area is 142 Å². The highest BCUT2D eigenvalue weighted by Crippen LogP contribution is 2.31. The number of hydrogen-bond donors (Lipinski definition) is 1. The third kappa shape index (κ3) is 3.26. The molecule has 0 aliphatic carbocycles. The van der Waals surface area contributed by atoms with Crippen LogP contribution in [0.4, 0.5) is 5.69 Å². The second-order valence-corrected chi connectivity index (χ2v) is 6.60. The Morgan fingerprint density at radius 1 is 1.26 bits per heavy atom. The number of halogens is 1. The number of hydrogen-bond acceptors (Lipinski definition) is 1. The van der Waals surface area contributed by atoms with Crippen molar-refractivity contribution < 1.29 is 10.1 Å². The molecule has 0 bridgehead atoms. The zero-order chi connectivity index (χ0) is 16.4. The first kappa shape index (κ1) is 16.0. The summed E-state index contributed by atoms with van der Waals surface area (Å²) in [5.41, 5.74) is 3.38. The summed E-state index contributed by atoms with van der Waals surface area (Å²) >= 11 is 6.24. The average molecular weight is 330 g/mol. The number of nitrogens with two attached hydrogens (primary N) is 1. The van der Waals surface area contributed by atoms with Gasteiger partial charge in [-0.1, -0.05) is 48.0 Å². The lowest BCUT2D eigenvalue weighted by Crippen LogP contribution is -2.87. The van der Waals surface area contributed by atoms with E-state index in [2.05, 4.69) is 25.2 Å². The Bertz CT molecular complexity index is 716.